The number of rotatable bonds is 6. The van der Waals surface area contributed by atoms with Gasteiger partial charge < -0.3 is 9.47 Å². The molecular formula is C9H12Cl2O5. The van der Waals surface area contributed by atoms with Crippen molar-refractivity contribution in [3.8, 4) is 0 Å². The smallest absolute Gasteiger partial charge is 0.328 e. The Kier molecular flexibility index (Phi) is 7.08. The maximum Gasteiger partial charge on any atom is 0.328 e. The van der Waals surface area contributed by atoms with Crippen LogP contribution in [-0.4, -0.2) is 35.8 Å². The van der Waals surface area contributed by atoms with Gasteiger partial charge in [0.1, 0.15) is 0 Å². The first-order valence-corrected chi connectivity index (χ1v) is 5.48. The minimum absolute atomic E-state index is 0.0389. The molecule has 0 aliphatic heterocycles. The number of halogens is 2. The Labute approximate surface area is 103 Å². The molecule has 0 heterocycles. The maximum absolute atomic E-state index is 11.4. The number of Topliss-reactive ketones (excluding diaryl/α,β-unsaturated/α-hetero) is 1. The molecular weight excluding hydrogens is 259 g/mol. The first-order chi connectivity index (χ1) is 7.45. The monoisotopic (exact) mass is 270 g/mol. The van der Waals surface area contributed by atoms with Crippen LogP contribution in [0.4, 0.5) is 0 Å². The SMILES string of the molecule is CCOC(=O)C(C(=O)OCC)C(=O)C(Cl)Cl. The molecule has 0 amide bonds. The highest BCUT2D eigenvalue weighted by atomic mass is 35.5. The maximum atomic E-state index is 11.4. The topological polar surface area (TPSA) is 69.7 Å². The van der Waals surface area contributed by atoms with Crippen molar-refractivity contribution >= 4 is 40.9 Å². The molecule has 0 aliphatic rings. The third-order valence-corrected chi connectivity index (χ3v) is 1.97. The van der Waals surface area contributed by atoms with Crippen LogP contribution in [0.25, 0.3) is 0 Å². The van der Waals surface area contributed by atoms with Gasteiger partial charge in [-0.05, 0) is 13.8 Å². The second-order valence-corrected chi connectivity index (χ2v) is 3.74. The largest absolute Gasteiger partial charge is 0.465 e. The van der Waals surface area contributed by atoms with Crippen LogP contribution < -0.4 is 0 Å². The molecule has 5 nitrogen and oxygen atoms in total. The summed E-state index contributed by atoms with van der Waals surface area (Å²) >= 11 is 10.6. The van der Waals surface area contributed by atoms with Crippen LogP contribution in [0.5, 0.6) is 0 Å². The molecule has 0 aromatic heterocycles. The first kappa shape index (κ1) is 15.2. The third kappa shape index (κ3) is 4.37. The van der Waals surface area contributed by atoms with Gasteiger partial charge in [-0.3, -0.25) is 14.4 Å². The summed E-state index contributed by atoms with van der Waals surface area (Å²) in [6.45, 7) is 3.17. The van der Waals surface area contributed by atoms with Crippen molar-refractivity contribution in [3.05, 3.63) is 0 Å². The van der Waals surface area contributed by atoms with Crippen LogP contribution in [0.3, 0.4) is 0 Å². The van der Waals surface area contributed by atoms with Crippen molar-refractivity contribution in [3.63, 3.8) is 0 Å². The van der Waals surface area contributed by atoms with Crippen LogP contribution in [0.2, 0.25) is 0 Å². The molecule has 0 unspecified atom stereocenters. The highest BCUT2D eigenvalue weighted by Crippen LogP contribution is 2.14. The highest BCUT2D eigenvalue weighted by Gasteiger charge is 2.39. The van der Waals surface area contributed by atoms with E-state index in [2.05, 4.69) is 9.47 Å². The molecule has 0 aliphatic carbocycles. The molecule has 0 radical (unpaired) electrons. The summed E-state index contributed by atoms with van der Waals surface area (Å²) in [4.78, 5) is 32.6. The number of hydrogen-bond acceptors (Lipinski definition) is 5. The lowest BCUT2D eigenvalue weighted by Crippen LogP contribution is -2.37. The fraction of sp³-hybridized carbons (Fsp3) is 0.667. The van der Waals surface area contributed by atoms with E-state index >= 15 is 0 Å². The van der Waals surface area contributed by atoms with Gasteiger partial charge in [0, 0.05) is 0 Å². The zero-order chi connectivity index (χ0) is 12.7. The van der Waals surface area contributed by atoms with Crippen LogP contribution in [0.15, 0.2) is 0 Å². The molecule has 0 spiro atoms. The fourth-order valence-electron chi connectivity index (χ4n) is 0.906. The van der Waals surface area contributed by atoms with E-state index in [0.29, 0.717) is 0 Å². The van der Waals surface area contributed by atoms with E-state index in [1.54, 1.807) is 13.8 Å². The van der Waals surface area contributed by atoms with Crippen LogP contribution in [-0.2, 0) is 23.9 Å². The molecule has 0 bridgehead atoms. The van der Waals surface area contributed by atoms with Crippen LogP contribution in [0.1, 0.15) is 13.8 Å². The molecule has 0 atom stereocenters. The molecule has 0 saturated heterocycles. The van der Waals surface area contributed by atoms with Gasteiger partial charge in [0.15, 0.2) is 10.6 Å². The Bertz CT molecular complexity index is 259. The summed E-state index contributed by atoms with van der Waals surface area (Å²) in [5.41, 5.74) is 0. The molecule has 0 saturated carbocycles. The van der Waals surface area contributed by atoms with Gasteiger partial charge in [-0.1, -0.05) is 23.2 Å². The van der Waals surface area contributed by atoms with Gasteiger partial charge in [-0.25, -0.2) is 0 Å². The standard InChI is InChI=1S/C9H12Cl2O5/c1-3-15-8(13)5(6(12)7(10)11)9(14)16-4-2/h5,7H,3-4H2,1-2H3. The number of carbonyl (C=O) groups is 3. The summed E-state index contributed by atoms with van der Waals surface area (Å²) < 4.78 is 9.13. The minimum Gasteiger partial charge on any atom is -0.465 e. The molecule has 0 aromatic rings. The summed E-state index contributed by atoms with van der Waals surface area (Å²) in [6.07, 6.45) is 0. The number of alkyl halides is 2. The van der Waals surface area contributed by atoms with Crippen molar-refractivity contribution in [1.82, 2.24) is 0 Å². The van der Waals surface area contributed by atoms with Crippen LogP contribution >= 0.6 is 23.2 Å². The normalized spacial score (nSPS) is 10.4. The van der Waals surface area contributed by atoms with Crippen LogP contribution in [0, 0.1) is 5.92 Å². The van der Waals surface area contributed by atoms with E-state index < -0.39 is 28.5 Å². The fourth-order valence-corrected chi connectivity index (χ4v) is 1.16. The van der Waals surface area contributed by atoms with Gasteiger partial charge in [0.2, 0.25) is 5.92 Å². The molecule has 16 heavy (non-hydrogen) atoms. The average molecular weight is 271 g/mol. The van der Waals surface area contributed by atoms with E-state index in [9.17, 15) is 14.4 Å². The lowest BCUT2D eigenvalue weighted by molar-refractivity contribution is -0.163. The number of ketones is 1. The Morgan fingerprint density at radius 2 is 1.38 bits per heavy atom. The Hall–Kier alpha value is -0.810. The lowest BCUT2D eigenvalue weighted by atomic mass is 10.1. The van der Waals surface area contributed by atoms with E-state index in [-0.39, 0.29) is 13.2 Å². The lowest BCUT2D eigenvalue weighted by Gasteiger charge is -2.13. The zero-order valence-electron chi connectivity index (χ0n) is 8.87. The van der Waals surface area contributed by atoms with Crippen molar-refractivity contribution in [2.75, 3.05) is 13.2 Å². The molecule has 7 heteroatoms. The van der Waals surface area contributed by atoms with E-state index in [4.69, 9.17) is 23.2 Å². The number of hydrogen-bond donors (Lipinski definition) is 0. The minimum atomic E-state index is -1.71. The van der Waals surface area contributed by atoms with Crippen molar-refractivity contribution in [2.24, 2.45) is 5.92 Å². The van der Waals surface area contributed by atoms with Crippen molar-refractivity contribution in [1.29, 1.82) is 0 Å². The second-order valence-electron chi connectivity index (χ2n) is 2.64. The van der Waals surface area contributed by atoms with Crippen molar-refractivity contribution in [2.45, 2.75) is 18.7 Å². The summed E-state index contributed by atoms with van der Waals surface area (Å²) in [7, 11) is 0. The van der Waals surface area contributed by atoms with E-state index in [1.165, 1.54) is 0 Å². The molecule has 0 rings (SSSR count). The number of carbonyl (C=O) groups excluding carboxylic acids is 3. The summed E-state index contributed by atoms with van der Waals surface area (Å²) in [6, 6.07) is 0. The third-order valence-electron chi connectivity index (χ3n) is 1.54. The molecule has 92 valence electrons. The van der Waals surface area contributed by atoms with E-state index in [0.717, 1.165) is 0 Å². The first-order valence-electron chi connectivity index (χ1n) is 4.60. The second kappa shape index (κ2) is 7.46. The van der Waals surface area contributed by atoms with Gasteiger partial charge in [0.25, 0.3) is 0 Å². The number of esters is 2. The Morgan fingerprint density at radius 3 is 1.62 bits per heavy atom. The highest BCUT2D eigenvalue weighted by molar-refractivity contribution is 6.55. The predicted molar refractivity (Wildman–Crippen MR) is 57.3 cm³/mol. The summed E-state index contributed by atoms with van der Waals surface area (Å²) in [5, 5.41) is 0. The molecule has 0 fully saturated rings. The average Bonchev–Trinajstić information content (AvgIpc) is 2.18. The predicted octanol–water partition coefficient (Wildman–Crippen LogP) is 1.10. The van der Waals surface area contributed by atoms with Crippen molar-refractivity contribution < 1.29 is 23.9 Å². The molecule has 0 N–H and O–H groups in total. The molecule has 0 aromatic carbocycles. The van der Waals surface area contributed by atoms with Gasteiger partial charge in [0.05, 0.1) is 13.2 Å². The van der Waals surface area contributed by atoms with Gasteiger partial charge in [-0.2, -0.15) is 0 Å². The van der Waals surface area contributed by atoms with E-state index in [1.807, 2.05) is 0 Å². The van der Waals surface area contributed by atoms with Gasteiger partial charge >= 0.3 is 11.9 Å². The Morgan fingerprint density at radius 1 is 1.00 bits per heavy atom. The number of ether oxygens (including phenoxy) is 2. The summed E-state index contributed by atoms with van der Waals surface area (Å²) in [5.74, 6) is -4.66. The zero-order valence-corrected chi connectivity index (χ0v) is 10.4. The Balaban J connectivity index is 4.82. The van der Waals surface area contributed by atoms with Gasteiger partial charge in [-0.15, -0.1) is 0 Å². The quantitative estimate of drug-likeness (QED) is 0.411.